The highest BCUT2D eigenvalue weighted by atomic mass is 32.2. The van der Waals surface area contributed by atoms with E-state index in [4.69, 9.17) is 0 Å². The van der Waals surface area contributed by atoms with Gasteiger partial charge in [-0.3, -0.25) is 14.3 Å². The number of nitrogens with zero attached hydrogens (tertiary/aromatic N) is 1. The maximum absolute atomic E-state index is 11.7. The summed E-state index contributed by atoms with van der Waals surface area (Å²) in [6, 6.07) is 4.10. The predicted octanol–water partition coefficient (Wildman–Crippen LogP) is 0.865. The number of aryl methyl sites for hydroxylation is 1. The third kappa shape index (κ3) is 2.94. The molecule has 17 heavy (non-hydrogen) atoms. The van der Waals surface area contributed by atoms with Crippen LogP contribution in [0.5, 0.6) is 0 Å². The van der Waals surface area contributed by atoms with Crippen molar-refractivity contribution in [2.45, 2.75) is 13.1 Å². The molecule has 0 spiro atoms. The number of carbonyl (C=O) groups excluding carboxylic acids is 1. The van der Waals surface area contributed by atoms with E-state index in [9.17, 15) is 9.00 Å². The first-order chi connectivity index (χ1) is 8.08. The van der Waals surface area contributed by atoms with Gasteiger partial charge in [-0.1, -0.05) is 0 Å². The molecular formula is C11H16N2O2S2. The van der Waals surface area contributed by atoms with Crippen LogP contribution in [0.2, 0.25) is 0 Å². The van der Waals surface area contributed by atoms with Crippen LogP contribution in [-0.2, 0) is 15.6 Å². The minimum atomic E-state index is -0.861. The van der Waals surface area contributed by atoms with E-state index in [1.807, 2.05) is 6.07 Å². The SMILES string of the molecule is Cc1ccc(C2NCC(=O)N2CCS(C)=O)s1. The highest BCUT2D eigenvalue weighted by molar-refractivity contribution is 7.84. The van der Waals surface area contributed by atoms with Crippen molar-refractivity contribution in [3.8, 4) is 0 Å². The monoisotopic (exact) mass is 272 g/mol. The Labute approximate surface area is 107 Å². The third-order valence-electron chi connectivity index (χ3n) is 2.73. The number of rotatable bonds is 4. The topological polar surface area (TPSA) is 49.4 Å². The number of carbonyl (C=O) groups is 1. The Bertz CT molecular complexity index is 444. The smallest absolute Gasteiger partial charge is 0.238 e. The van der Waals surface area contributed by atoms with E-state index in [0.29, 0.717) is 18.8 Å². The number of thiophene rings is 1. The molecule has 1 fully saturated rings. The summed E-state index contributed by atoms with van der Waals surface area (Å²) in [5.74, 6) is 0.625. The minimum absolute atomic E-state index is 0.0373. The molecule has 2 atom stereocenters. The van der Waals surface area contributed by atoms with Crippen LogP contribution < -0.4 is 5.32 Å². The Hall–Kier alpha value is -0.720. The largest absolute Gasteiger partial charge is 0.320 e. The van der Waals surface area contributed by atoms with Gasteiger partial charge in [0.2, 0.25) is 5.91 Å². The molecule has 2 rings (SSSR count). The molecule has 1 aliphatic heterocycles. The quantitative estimate of drug-likeness (QED) is 0.884. The zero-order valence-electron chi connectivity index (χ0n) is 9.93. The first-order valence-electron chi connectivity index (χ1n) is 5.47. The zero-order chi connectivity index (χ0) is 12.4. The van der Waals surface area contributed by atoms with E-state index in [0.717, 1.165) is 4.88 Å². The van der Waals surface area contributed by atoms with Gasteiger partial charge in [0.1, 0.15) is 6.17 Å². The third-order valence-corrected chi connectivity index (χ3v) is 4.54. The van der Waals surface area contributed by atoms with Crippen LogP contribution in [0.4, 0.5) is 0 Å². The molecule has 1 aliphatic rings. The molecule has 1 aromatic heterocycles. The van der Waals surface area contributed by atoms with Crippen molar-refractivity contribution < 1.29 is 9.00 Å². The van der Waals surface area contributed by atoms with Crippen LogP contribution in [0.25, 0.3) is 0 Å². The molecule has 0 aliphatic carbocycles. The van der Waals surface area contributed by atoms with Gasteiger partial charge in [0.15, 0.2) is 0 Å². The molecular weight excluding hydrogens is 256 g/mol. The lowest BCUT2D eigenvalue weighted by molar-refractivity contribution is -0.127. The zero-order valence-corrected chi connectivity index (χ0v) is 11.6. The fourth-order valence-corrected chi connectivity index (χ4v) is 3.29. The van der Waals surface area contributed by atoms with Gasteiger partial charge in [0.25, 0.3) is 0 Å². The van der Waals surface area contributed by atoms with Crippen LogP contribution in [0.3, 0.4) is 0 Å². The van der Waals surface area contributed by atoms with Gasteiger partial charge in [-0.05, 0) is 19.1 Å². The molecule has 1 saturated heterocycles. The lowest BCUT2D eigenvalue weighted by Gasteiger charge is -2.22. The second-order valence-corrected chi connectivity index (χ2v) is 6.97. The average Bonchev–Trinajstić information content (AvgIpc) is 2.82. The second-order valence-electron chi connectivity index (χ2n) is 4.10. The Morgan fingerprint density at radius 1 is 1.59 bits per heavy atom. The Balaban J connectivity index is 2.10. The van der Waals surface area contributed by atoms with Gasteiger partial charge < -0.3 is 4.90 Å². The number of amides is 1. The van der Waals surface area contributed by atoms with Gasteiger partial charge in [0, 0.05) is 39.1 Å². The summed E-state index contributed by atoms with van der Waals surface area (Å²) < 4.78 is 11.1. The van der Waals surface area contributed by atoms with Crippen molar-refractivity contribution in [1.29, 1.82) is 0 Å². The van der Waals surface area contributed by atoms with E-state index in [-0.39, 0.29) is 12.1 Å². The van der Waals surface area contributed by atoms with E-state index in [1.54, 1.807) is 22.5 Å². The number of nitrogens with one attached hydrogen (secondary N) is 1. The minimum Gasteiger partial charge on any atom is -0.320 e. The second kappa shape index (κ2) is 5.29. The van der Waals surface area contributed by atoms with Gasteiger partial charge in [0.05, 0.1) is 6.54 Å². The van der Waals surface area contributed by atoms with Gasteiger partial charge in [-0.15, -0.1) is 11.3 Å². The number of hydrogen-bond acceptors (Lipinski definition) is 4. The fraction of sp³-hybridized carbons (Fsp3) is 0.545. The molecule has 94 valence electrons. The van der Waals surface area contributed by atoms with Crippen molar-refractivity contribution >= 4 is 28.0 Å². The van der Waals surface area contributed by atoms with E-state index in [1.165, 1.54) is 4.88 Å². The summed E-state index contributed by atoms with van der Waals surface area (Å²) >= 11 is 1.69. The molecule has 0 aromatic carbocycles. The van der Waals surface area contributed by atoms with Crippen LogP contribution in [-0.4, -0.2) is 40.1 Å². The molecule has 2 unspecified atom stereocenters. The molecule has 4 nitrogen and oxygen atoms in total. The van der Waals surface area contributed by atoms with Crippen molar-refractivity contribution in [2.24, 2.45) is 0 Å². The summed E-state index contributed by atoms with van der Waals surface area (Å²) in [6.45, 7) is 2.98. The van der Waals surface area contributed by atoms with Crippen molar-refractivity contribution in [3.05, 3.63) is 21.9 Å². The van der Waals surface area contributed by atoms with E-state index in [2.05, 4.69) is 18.3 Å². The maximum Gasteiger partial charge on any atom is 0.238 e. The summed E-state index contributed by atoms with van der Waals surface area (Å²) in [6.07, 6.45) is 1.63. The van der Waals surface area contributed by atoms with Crippen LogP contribution in [0, 0.1) is 6.92 Å². The molecule has 1 aromatic rings. The van der Waals surface area contributed by atoms with E-state index >= 15 is 0 Å². The van der Waals surface area contributed by atoms with Crippen LogP contribution in [0.1, 0.15) is 15.9 Å². The van der Waals surface area contributed by atoms with Crippen molar-refractivity contribution in [3.63, 3.8) is 0 Å². The molecule has 0 bridgehead atoms. The fourth-order valence-electron chi connectivity index (χ4n) is 1.87. The van der Waals surface area contributed by atoms with Gasteiger partial charge in [-0.2, -0.15) is 0 Å². The maximum atomic E-state index is 11.7. The van der Waals surface area contributed by atoms with Crippen molar-refractivity contribution in [2.75, 3.05) is 25.1 Å². The number of hydrogen-bond donors (Lipinski definition) is 1. The van der Waals surface area contributed by atoms with Crippen molar-refractivity contribution in [1.82, 2.24) is 10.2 Å². The van der Waals surface area contributed by atoms with Gasteiger partial charge in [-0.25, -0.2) is 0 Å². The standard InChI is InChI=1S/C11H16N2O2S2/c1-8-3-4-9(16-8)11-12-7-10(14)13(11)5-6-17(2)15/h3-4,11-12H,5-7H2,1-2H3. The first-order valence-corrected chi connectivity index (χ1v) is 8.01. The molecule has 1 N–H and O–H groups in total. The first kappa shape index (κ1) is 12.7. The van der Waals surface area contributed by atoms with Gasteiger partial charge >= 0.3 is 0 Å². The summed E-state index contributed by atoms with van der Waals surface area (Å²) in [4.78, 5) is 15.9. The Kier molecular flexibility index (Phi) is 3.96. The summed E-state index contributed by atoms with van der Waals surface area (Å²) in [7, 11) is -0.861. The lowest BCUT2D eigenvalue weighted by atomic mass is 10.3. The van der Waals surface area contributed by atoms with E-state index < -0.39 is 10.8 Å². The molecule has 0 radical (unpaired) electrons. The lowest BCUT2D eigenvalue weighted by Crippen LogP contribution is -2.33. The summed E-state index contributed by atoms with van der Waals surface area (Å²) in [5, 5.41) is 3.20. The predicted molar refractivity (Wildman–Crippen MR) is 70.4 cm³/mol. The Morgan fingerprint density at radius 3 is 2.94 bits per heavy atom. The van der Waals surface area contributed by atoms with Crippen LogP contribution in [0.15, 0.2) is 12.1 Å². The van der Waals surface area contributed by atoms with Crippen LogP contribution >= 0.6 is 11.3 Å². The average molecular weight is 272 g/mol. The normalized spacial score (nSPS) is 22.1. The summed E-state index contributed by atoms with van der Waals surface area (Å²) in [5.41, 5.74) is 0. The highest BCUT2D eigenvalue weighted by Crippen LogP contribution is 2.28. The molecule has 1 amide bonds. The Morgan fingerprint density at radius 2 is 2.35 bits per heavy atom. The molecule has 0 saturated carbocycles. The molecule has 6 heteroatoms. The molecule has 2 heterocycles. The highest BCUT2D eigenvalue weighted by Gasteiger charge is 2.32.